The second kappa shape index (κ2) is 9.51. The molecule has 1 heterocycles. The van der Waals surface area contributed by atoms with Crippen molar-refractivity contribution in [1.82, 2.24) is 4.90 Å². The van der Waals surface area contributed by atoms with Crippen molar-refractivity contribution in [3.8, 4) is 0 Å². The van der Waals surface area contributed by atoms with Crippen molar-refractivity contribution in [2.24, 2.45) is 0 Å². The van der Waals surface area contributed by atoms with Crippen LogP contribution in [0.4, 0.5) is 0 Å². The highest BCUT2D eigenvalue weighted by atomic mass is 35.5. The zero-order valence-electron chi connectivity index (χ0n) is 13.5. The number of aliphatic hydroxyl groups excluding tert-OH is 1. The Labute approximate surface area is 143 Å². The summed E-state index contributed by atoms with van der Waals surface area (Å²) < 4.78 is 0. The molecule has 0 aliphatic carbocycles. The summed E-state index contributed by atoms with van der Waals surface area (Å²) in [6.45, 7) is 7.92. The van der Waals surface area contributed by atoms with E-state index in [9.17, 15) is 9.90 Å². The van der Waals surface area contributed by atoms with E-state index in [0.717, 1.165) is 31.5 Å². The summed E-state index contributed by atoms with van der Waals surface area (Å²) in [5.74, 6) is -0.0745. The van der Waals surface area contributed by atoms with Crippen molar-refractivity contribution in [2.75, 3.05) is 19.6 Å². The van der Waals surface area contributed by atoms with E-state index in [1.807, 2.05) is 19.9 Å². The third-order valence-electron chi connectivity index (χ3n) is 3.83. The molecule has 0 amide bonds. The normalized spacial score (nSPS) is 17.5. The third kappa shape index (κ3) is 5.54. The van der Waals surface area contributed by atoms with Crippen LogP contribution in [-0.4, -0.2) is 41.5 Å². The zero-order valence-corrected chi connectivity index (χ0v) is 15.0. The van der Waals surface area contributed by atoms with E-state index in [1.165, 1.54) is 0 Å². The number of nitrogens with zero attached hydrogens (tertiary/aromatic N) is 1. The molecule has 1 aliphatic heterocycles. The van der Waals surface area contributed by atoms with Gasteiger partial charge in [-0.1, -0.05) is 43.1 Å². The van der Waals surface area contributed by atoms with Crippen LogP contribution in [0.15, 0.2) is 18.2 Å². The third-order valence-corrected chi connectivity index (χ3v) is 4.57. The fourth-order valence-electron chi connectivity index (χ4n) is 2.56. The summed E-state index contributed by atoms with van der Waals surface area (Å²) >= 11 is 12.0. The average molecular weight is 346 g/mol. The number of piperidine rings is 1. The summed E-state index contributed by atoms with van der Waals surface area (Å²) in [5.41, 5.74) is 0.901. The summed E-state index contributed by atoms with van der Waals surface area (Å²) in [5, 5.41) is 10.5. The predicted molar refractivity (Wildman–Crippen MR) is 92.9 cm³/mol. The number of hydrogen-bond acceptors (Lipinski definition) is 3. The first-order valence-electron chi connectivity index (χ1n) is 7.83. The summed E-state index contributed by atoms with van der Waals surface area (Å²) in [7, 11) is 0. The summed E-state index contributed by atoms with van der Waals surface area (Å²) in [6.07, 6.45) is 1.34. The molecule has 0 aromatic heterocycles. The molecule has 3 nitrogen and oxygen atoms in total. The molecule has 1 atom stereocenters. The van der Waals surface area contributed by atoms with Crippen molar-refractivity contribution in [3.05, 3.63) is 33.8 Å². The van der Waals surface area contributed by atoms with Crippen LogP contribution in [0.3, 0.4) is 0 Å². The maximum Gasteiger partial charge on any atom is 0.138 e. The number of benzene rings is 1. The van der Waals surface area contributed by atoms with Gasteiger partial charge in [-0.05, 0) is 37.5 Å². The smallest absolute Gasteiger partial charge is 0.138 e. The Morgan fingerprint density at radius 1 is 1.27 bits per heavy atom. The van der Waals surface area contributed by atoms with Crippen molar-refractivity contribution in [3.63, 3.8) is 0 Å². The monoisotopic (exact) mass is 345 g/mol. The predicted octanol–water partition coefficient (Wildman–Crippen LogP) is 4.15. The first-order chi connectivity index (χ1) is 10.5. The van der Waals surface area contributed by atoms with E-state index < -0.39 is 0 Å². The van der Waals surface area contributed by atoms with Gasteiger partial charge in [-0.25, -0.2) is 0 Å². The largest absolute Gasteiger partial charge is 0.393 e. The fourth-order valence-corrected chi connectivity index (χ4v) is 2.86. The van der Waals surface area contributed by atoms with Gasteiger partial charge in [0.15, 0.2) is 0 Å². The topological polar surface area (TPSA) is 40.5 Å². The van der Waals surface area contributed by atoms with E-state index in [4.69, 9.17) is 23.2 Å². The molecule has 1 aromatic rings. The van der Waals surface area contributed by atoms with Gasteiger partial charge >= 0.3 is 0 Å². The second-order valence-electron chi connectivity index (χ2n) is 5.37. The van der Waals surface area contributed by atoms with Crippen LogP contribution in [0.2, 0.25) is 10.0 Å². The molecule has 5 heteroatoms. The molecule has 1 aromatic carbocycles. The lowest BCUT2D eigenvalue weighted by Gasteiger charge is -2.32. The summed E-state index contributed by atoms with van der Waals surface area (Å²) in [6, 6.07) is 5.36. The average Bonchev–Trinajstić information content (AvgIpc) is 2.51. The van der Waals surface area contributed by atoms with Gasteiger partial charge in [-0.3, -0.25) is 4.79 Å². The molecule has 1 saturated heterocycles. The quantitative estimate of drug-likeness (QED) is 0.890. The maximum absolute atomic E-state index is 11.9. The molecular formula is C17H25Cl2NO2. The van der Waals surface area contributed by atoms with Crippen molar-refractivity contribution >= 4 is 29.0 Å². The van der Waals surface area contributed by atoms with Gasteiger partial charge in [0, 0.05) is 19.6 Å². The first-order valence-corrected chi connectivity index (χ1v) is 8.59. The van der Waals surface area contributed by atoms with Crippen molar-refractivity contribution in [1.29, 1.82) is 0 Å². The zero-order chi connectivity index (χ0) is 16.7. The van der Waals surface area contributed by atoms with Crippen LogP contribution in [0, 0.1) is 0 Å². The number of hydrogen-bond donors (Lipinski definition) is 1. The Balaban J connectivity index is 0.00000116. The molecule has 1 aliphatic rings. The maximum atomic E-state index is 11.9. The van der Waals surface area contributed by atoms with Crippen LogP contribution >= 0.6 is 23.2 Å². The van der Waals surface area contributed by atoms with Gasteiger partial charge in [-0.15, -0.1) is 0 Å². The number of ketones is 1. The van der Waals surface area contributed by atoms with Gasteiger partial charge in [0.25, 0.3) is 0 Å². The molecule has 22 heavy (non-hydrogen) atoms. The lowest BCUT2D eigenvalue weighted by atomic mass is 9.94. The summed E-state index contributed by atoms with van der Waals surface area (Å²) in [4.78, 5) is 14.2. The Bertz CT molecular complexity index is 486. The number of likely N-dealkylation sites (tertiary alicyclic amines) is 1. The molecule has 0 spiro atoms. The standard InChI is InChI=1S/C15H19Cl2NO2.C2H6/c1-10(19)13(9-18-6-4-12(20)5-7-18)11-2-3-14(16)15(17)8-11;1-2/h2-3,8,12-13,20H,4-7,9H2,1H3;1-2H3. The molecule has 2 rings (SSSR count). The van der Waals surface area contributed by atoms with Crippen molar-refractivity contribution in [2.45, 2.75) is 45.6 Å². The molecule has 0 radical (unpaired) electrons. The van der Waals surface area contributed by atoms with Crippen LogP contribution in [0.1, 0.15) is 45.1 Å². The number of halogens is 2. The van der Waals surface area contributed by atoms with E-state index in [1.54, 1.807) is 19.1 Å². The number of Topliss-reactive ketones (excluding diaryl/α,β-unsaturated/α-hetero) is 1. The van der Waals surface area contributed by atoms with Crippen LogP contribution in [0.5, 0.6) is 0 Å². The highest BCUT2D eigenvalue weighted by Gasteiger charge is 2.24. The highest BCUT2D eigenvalue weighted by Crippen LogP contribution is 2.28. The fraction of sp³-hybridized carbons (Fsp3) is 0.588. The minimum absolute atomic E-state index is 0.120. The lowest BCUT2D eigenvalue weighted by molar-refractivity contribution is -0.119. The van der Waals surface area contributed by atoms with E-state index in [2.05, 4.69) is 4.90 Å². The molecule has 1 fully saturated rings. The Morgan fingerprint density at radius 2 is 1.86 bits per heavy atom. The highest BCUT2D eigenvalue weighted by molar-refractivity contribution is 6.42. The number of carbonyl (C=O) groups excluding carboxylic acids is 1. The second-order valence-corrected chi connectivity index (χ2v) is 6.18. The first kappa shape index (κ1) is 19.4. The van der Waals surface area contributed by atoms with Gasteiger partial charge in [0.2, 0.25) is 0 Å². The Morgan fingerprint density at radius 3 is 2.36 bits per heavy atom. The number of carbonyl (C=O) groups is 1. The Hall–Kier alpha value is -0.610. The Kier molecular flexibility index (Phi) is 8.40. The van der Waals surface area contributed by atoms with Crippen LogP contribution < -0.4 is 0 Å². The molecule has 1 unspecified atom stereocenters. The number of rotatable bonds is 4. The molecule has 0 bridgehead atoms. The molecule has 0 saturated carbocycles. The minimum Gasteiger partial charge on any atom is -0.393 e. The van der Waals surface area contributed by atoms with Gasteiger partial charge in [0.1, 0.15) is 5.78 Å². The SMILES string of the molecule is CC.CC(=O)C(CN1CCC(O)CC1)c1ccc(Cl)c(Cl)c1. The minimum atomic E-state index is -0.202. The number of aliphatic hydroxyl groups is 1. The van der Waals surface area contributed by atoms with E-state index >= 15 is 0 Å². The molecule has 124 valence electrons. The van der Waals surface area contributed by atoms with Gasteiger partial charge < -0.3 is 10.0 Å². The van der Waals surface area contributed by atoms with E-state index in [0.29, 0.717) is 16.6 Å². The van der Waals surface area contributed by atoms with E-state index in [-0.39, 0.29) is 17.8 Å². The van der Waals surface area contributed by atoms with Crippen LogP contribution in [0.25, 0.3) is 0 Å². The van der Waals surface area contributed by atoms with Gasteiger partial charge in [-0.2, -0.15) is 0 Å². The lowest BCUT2D eigenvalue weighted by Crippen LogP contribution is -2.39. The molecular weight excluding hydrogens is 321 g/mol. The molecule has 1 N–H and O–H groups in total. The van der Waals surface area contributed by atoms with Gasteiger partial charge in [0.05, 0.1) is 22.1 Å². The van der Waals surface area contributed by atoms with Crippen molar-refractivity contribution < 1.29 is 9.90 Å². The van der Waals surface area contributed by atoms with Crippen LogP contribution in [-0.2, 0) is 4.79 Å².